The number of hydrogen-bond acceptors (Lipinski definition) is 3. The van der Waals surface area contributed by atoms with Crippen molar-refractivity contribution in [3.8, 4) is 0 Å². The van der Waals surface area contributed by atoms with Gasteiger partial charge in [0.1, 0.15) is 0 Å². The predicted molar refractivity (Wildman–Crippen MR) is 74.5 cm³/mol. The fourth-order valence-electron chi connectivity index (χ4n) is 2.64. The summed E-state index contributed by atoms with van der Waals surface area (Å²) in [7, 11) is 2.07. The molecule has 0 saturated carbocycles. The summed E-state index contributed by atoms with van der Waals surface area (Å²) in [5.74, 6) is 0.426. The maximum Gasteiger partial charge on any atom is 0.416 e. The van der Waals surface area contributed by atoms with Crippen LogP contribution in [-0.2, 0) is 6.18 Å². The zero-order valence-corrected chi connectivity index (χ0v) is 11.7. The first-order chi connectivity index (χ1) is 9.27. The second kappa shape index (κ2) is 5.52. The second-order valence-electron chi connectivity index (χ2n) is 5.58. The largest absolute Gasteiger partial charge is 0.416 e. The van der Waals surface area contributed by atoms with Gasteiger partial charge in [-0.25, -0.2) is 0 Å². The average molecular weight is 287 g/mol. The average Bonchev–Trinajstić information content (AvgIpc) is 2.33. The Morgan fingerprint density at radius 3 is 2.60 bits per heavy atom. The van der Waals surface area contributed by atoms with Crippen molar-refractivity contribution in [2.75, 3.05) is 31.2 Å². The van der Waals surface area contributed by atoms with E-state index in [0.717, 1.165) is 31.6 Å². The molecule has 0 bridgehead atoms. The van der Waals surface area contributed by atoms with E-state index >= 15 is 0 Å². The summed E-state index contributed by atoms with van der Waals surface area (Å²) in [4.78, 5) is 2.25. The monoisotopic (exact) mass is 287 g/mol. The molecule has 2 unspecified atom stereocenters. The quantitative estimate of drug-likeness (QED) is 0.822. The van der Waals surface area contributed by atoms with Crippen LogP contribution in [0.4, 0.5) is 24.5 Å². The van der Waals surface area contributed by atoms with Gasteiger partial charge in [0, 0.05) is 12.6 Å². The summed E-state index contributed by atoms with van der Waals surface area (Å²) in [5.41, 5.74) is 5.75. The van der Waals surface area contributed by atoms with Crippen molar-refractivity contribution in [3.63, 3.8) is 0 Å². The third-order valence-corrected chi connectivity index (χ3v) is 3.83. The predicted octanol–water partition coefficient (Wildman–Crippen LogP) is 3.04. The topological polar surface area (TPSA) is 41.3 Å². The fourth-order valence-corrected chi connectivity index (χ4v) is 2.64. The first kappa shape index (κ1) is 15.0. The standard InChI is InChI=1S/C14H20F3N3/c1-9-8-20(2)6-5-12(9)19-13-4-3-10(7-11(13)18)14(15,16)17/h3-4,7,9,12,19H,5-6,8,18H2,1-2H3. The molecule has 1 saturated heterocycles. The molecule has 0 spiro atoms. The molecule has 1 fully saturated rings. The molecule has 0 amide bonds. The molecule has 0 aliphatic carbocycles. The number of nitrogens with zero attached hydrogens (tertiary/aromatic N) is 1. The molecular weight excluding hydrogens is 267 g/mol. The van der Waals surface area contributed by atoms with Gasteiger partial charge >= 0.3 is 6.18 Å². The first-order valence-electron chi connectivity index (χ1n) is 6.69. The van der Waals surface area contributed by atoms with E-state index in [1.807, 2.05) is 0 Å². The molecule has 3 N–H and O–H groups in total. The van der Waals surface area contributed by atoms with Gasteiger partial charge in [0.15, 0.2) is 0 Å². The Morgan fingerprint density at radius 1 is 1.35 bits per heavy atom. The third kappa shape index (κ3) is 3.36. The maximum absolute atomic E-state index is 12.6. The van der Waals surface area contributed by atoms with E-state index in [2.05, 4.69) is 24.2 Å². The number of rotatable bonds is 2. The summed E-state index contributed by atoms with van der Waals surface area (Å²) in [6.45, 7) is 4.08. The SMILES string of the molecule is CC1CN(C)CCC1Nc1ccc(C(F)(F)F)cc1N. The van der Waals surface area contributed by atoms with Gasteiger partial charge in [-0.05, 0) is 44.1 Å². The Bertz CT molecular complexity index is 473. The van der Waals surface area contributed by atoms with Crippen LogP contribution in [0.1, 0.15) is 18.9 Å². The number of halogens is 3. The minimum atomic E-state index is -4.35. The third-order valence-electron chi connectivity index (χ3n) is 3.83. The zero-order valence-electron chi connectivity index (χ0n) is 11.7. The van der Waals surface area contributed by atoms with E-state index in [4.69, 9.17) is 5.73 Å². The van der Waals surface area contributed by atoms with Gasteiger partial charge in [-0.2, -0.15) is 13.2 Å². The molecule has 1 aliphatic rings. The summed E-state index contributed by atoms with van der Waals surface area (Å²) >= 11 is 0. The van der Waals surface area contributed by atoms with Crippen molar-refractivity contribution in [1.29, 1.82) is 0 Å². The van der Waals surface area contributed by atoms with Crippen LogP contribution in [0, 0.1) is 5.92 Å². The van der Waals surface area contributed by atoms with E-state index in [9.17, 15) is 13.2 Å². The van der Waals surface area contributed by atoms with Gasteiger partial charge < -0.3 is 16.0 Å². The van der Waals surface area contributed by atoms with Crippen molar-refractivity contribution < 1.29 is 13.2 Å². The van der Waals surface area contributed by atoms with Gasteiger partial charge in [0.05, 0.1) is 16.9 Å². The fraction of sp³-hybridized carbons (Fsp3) is 0.571. The molecule has 0 radical (unpaired) electrons. The number of alkyl halides is 3. The lowest BCUT2D eigenvalue weighted by Crippen LogP contribution is -2.43. The Labute approximate surface area is 116 Å². The lowest BCUT2D eigenvalue weighted by molar-refractivity contribution is -0.137. The highest BCUT2D eigenvalue weighted by Crippen LogP contribution is 2.33. The van der Waals surface area contributed by atoms with Gasteiger partial charge in [0.25, 0.3) is 0 Å². The minimum absolute atomic E-state index is 0.144. The first-order valence-corrected chi connectivity index (χ1v) is 6.69. The molecule has 1 aliphatic heterocycles. The van der Waals surface area contributed by atoms with Gasteiger partial charge in [-0.15, -0.1) is 0 Å². The molecule has 112 valence electrons. The highest BCUT2D eigenvalue weighted by molar-refractivity contribution is 5.67. The molecular formula is C14H20F3N3. The molecule has 0 aromatic heterocycles. The van der Waals surface area contributed by atoms with Gasteiger partial charge in [0.2, 0.25) is 0 Å². The number of nitrogen functional groups attached to an aromatic ring is 1. The van der Waals surface area contributed by atoms with Crippen molar-refractivity contribution in [3.05, 3.63) is 23.8 Å². The lowest BCUT2D eigenvalue weighted by atomic mass is 9.94. The van der Waals surface area contributed by atoms with E-state index in [1.165, 1.54) is 6.07 Å². The summed E-state index contributed by atoms with van der Waals surface area (Å²) in [5, 5.41) is 3.28. The van der Waals surface area contributed by atoms with Crippen LogP contribution < -0.4 is 11.1 Å². The van der Waals surface area contributed by atoms with Crippen LogP contribution in [0.25, 0.3) is 0 Å². The Balaban J connectivity index is 2.10. The van der Waals surface area contributed by atoms with Gasteiger partial charge in [-0.3, -0.25) is 0 Å². The molecule has 2 rings (SSSR count). The summed E-state index contributed by atoms with van der Waals surface area (Å²) < 4.78 is 37.7. The highest BCUT2D eigenvalue weighted by atomic mass is 19.4. The Morgan fingerprint density at radius 2 is 2.05 bits per heavy atom. The van der Waals surface area contributed by atoms with E-state index < -0.39 is 11.7 Å². The highest BCUT2D eigenvalue weighted by Gasteiger charge is 2.31. The number of anilines is 2. The van der Waals surface area contributed by atoms with Crippen molar-refractivity contribution >= 4 is 11.4 Å². The molecule has 3 nitrogen and oxygen atoms in total. The van der Waals surface area contributed by atoms with Crippen LogP contribution in [-0.4, -0.2) is 31.1 Å². The normalized spacial score (nSPS) is 24.6. The molecule has 1 aromatic carbocycles. The van der Waals surface area contributed by atoms with Gasteiger partial charge in [-0.1, -0.05) is 6.92 Å². The Kier molecular flexibility index (Phi) is 4.13. The van der Waals surface area contributed by atoms with Crippen LogP contribution in [0.15, 0.2) is 18.2 Å². The summed E-state index contributed by atoms with van der Waals surface area (Å²) in [6, 6.07) is 3.72. The number of hydrogen-bond donors (Lipinski definition) is 2. The van der Waals surface area contributed by atoms with Crippen molar-refractivity contribution in [2.24, 2.45) is 5.92 Å². The number of nitrogens with two attached hydrogens (primary N) is 1. The lowest BCUT2D eigenvalue weighted by Gasteiger charge is -2.36. The van der Waals surface area contributed by atoms with E-state index in [-0.39, 0.29) is 11.7 Å². The number of likely N-dealkylation sites (tertiary alicyclic amines) is 1. The maximum atomic E-state index is 12.6. The molecule has 1 aromatic rings. The van der Waals surface area contributed by atoms with Crippen molar-refractivity contribution in [1.82, 2.24) is 4.90 Å². The summed E-state index contributed by atoms with van der Waals surface area (Å²) in [6.07, 6.45) is -3.40. The van der Waals surface area contributed by atoms with Crippen LogP contribution in [0.2, 0.25) is 0 Å². The number of nitrogens with one attached hydrogen (secondary N) is 1. The molecule has 20 heavy (non-hydrogen) atoms. The smallest absolute Gasteiger partial charge is 0.397 e. The minimum Gasteiger partial charge on any atom is -0.397 e. The van der Waals surface area contributed by atoms with E-state index in [1.54, 1.807) is 0 Å². The second-order valence-corrected chi connectivity index (χ2v) is 5.58. The molecule has 2 atom stereocenters. The number of piperidine rings is 1. The van der Waals surface area contributed by atoms with E-state index in [0.29, 0.717) is 11.6 Å². The molecule has 1 heterocycles. The van der Waals surface area contributed by atoms with Crippen LogP contribution in [0.5, 0.6) is 0 Å². The molecule has 6 heteroatoms. The van der Waals surface area contributed by atoms with Crippen molar-refractivity contribution in [2.45, 2.75) is 25.6 Å². The number of benzene rings is 1. The van der Waals surface area contributed by atoms with Crippen LogP contribution >= 0.6 is 0 Å². The Hall–Kier alpha value is -1.43. The van der Waals surface area contributed by atoms with Crippen LogP contribution in [0.3, 0.4) is 0 Å². The zero-order chi connectivity index (χ0) is 14.9.